The van der Waals surface area contributed by atoms with E-state index in [9.17, 15) is 9.32 Å². The van der Waals surface area contributed by atoms with Gasteiger partial charge in [-0.3, -0.25) is 4.21 Å². The van der Waals surface area contributed by atoms with Gasteiger partial charge >= 0.3 is 0 Å². The van der Waals surface area contributed by atoms with Crippen molar-refractivity contribution in [1.82, 2.24) is 15.0 Å². The normalized spacial score (nSPS) is 27.9. The number of halogens is 1. The molecule has 2 saturated heterocycles. The van der Waals surface area contributed by atoms with Crippen molar-refractivity contribution in [3.8, 4) is 0 Å². The summed E-state index contributed by atoms with van der Waals surface area (Å²) in [5, 5.41) is 14.1. The topological polar surface area (TPSA) is 94.5 Å². The second-order valence-electron chi connectivity index (χ2n) is 9.55. The summed E-state index contributed by atoms with van der Waals surface area (Å²) >= 11 is 5.93. The van der Waals surface area contributed by atoms with Crippen LogP contribution in [0.15, 0.2) is 23.4 Å². The van der Waals surface area contributed by atoms with Crippen molar-refractivity contribution >= 4 is 39.9 Å². The zero-order valence-electron chi connectivity index (χ0n) is 17.8. The lowest BCUT2D eigenvalue weighted by Crippen LogP contribution is -2.48. The number of aliphatic hydroxyl groups is 1. The zero-order chi connectivity index (χ0) is 21.9. The van der Waals surface area contributed by atoms with Crippen molar-refractivity contribution in [3.63, 3.8) is 0 Å². The van der Waals surface area contributed by atoms with Crippen LogP contribution >= 0.6 is 11.6 Å². The largest absolute Gasteiger partial charge is 0.394 e. The Kier molecular flexibility index (Phi) is 5.04. The first-order valence-electron chi connectivity index (χ1n) is 11.3. The van der Waals surface area contributed by atoms with E-state index in [0.29, 0.717) is 22.6 Å². The molecule has 6 rings (SSSR count). The molecule has 10 heteroatoms. The molecule has 2 N–H and O–H groups in total. The van der Waals surface area contributed by atoms with Gasteiger partial charge in [0, 0.05) is 56.3 Å². The van der Waals surface area contributed by atoms with Crippen molar-refractivity contribution in [2.45, 2.75) is 36.1 Å². The van der Waals surface area contributed by atoms with E-state index in [1.165, 1.54) is 0 Å². The van der Waals surface area contributed by atoms with Crippen LogP contribution in [0, 0.1) is 11.8 Å². The lowest BCUT2D eigenvalue weighted by molar-refractivity contribution is 0.144. The molecule has 0 spiro atoms. The van der Waals surface area contributed by atoms with Gasteiger partial charge in [-0.1, -0.05) is 11.6 Å². The summed E-state index contributed by atoms with van der Waals surface area (Å²) in [6.07, 6.45) is 7.05. The van der Waals surface area contributed by atoms with Crippen molar-refractivity contribution in [3.05, 3.63) is 29.2 Å². The minimum absolute atomic E-state index is 0.0997. The first-order chi connectivity index (χ1) is 15.5. The van der Waals surface area contributed by atoms with E-state index in [1.54, 1.807) is 12.4 Å². The Labute approximate surface area is 194 Å². The summed E-state index contributed by atoms with van der Waals surface area (Å²) in [7, 11) is -1.02. The molecule has 0 amide bonds. The molecule has 5 heterocycles. The highest BCUT2D eigenvalue weighted by Gasteiger charge is 2.42. The molecule has 3 fully saturated rings. The van der Waals surface area contributed by atoms with Gasteiger partial charge in [-0.25, -0.2) is 15.0 Å². The predicted molar refractivity (Wildman–Crippen MR) is 125 cm³/mol. The van der Waals surface area contributed by atoms with Crippen molar-refractivity contribution < 1.29 is 9.32 Å². The number of fused-ring (bicyclic) bond motifs is 2. The highest BCUT2D eigenvalue weighted by atomic mass is 35.5. The van der Waals surface area contributed by atoms with Gasteiger partial charge in [0.25, 0.3) is 0 Å². The molecule has 2 aromatic heterocycles. The number of aromatic nitrogens is 3. The van der Waals surface area contributed by atoms with Crippen LogP contribution in [0.5, 0.6) is 0 Å². The fourth-order valence-electron chi connectivity index (χ4n) is 5.57. The van der Waals surface area contributed by atoms with Crippen LogP contribution in [0.2, 0.25) is 5.02 Å². The number of pyridine rings is 1. The molecule has 2 unspecified atom stereocenters. The standard InChI is InChI=1S/C22H27ClN6O2S/c23-16-7-24-21(25-8-16)29-11-14-9-28(10-15(14)12-29)19-6-18(27-22(13-30)3-1-4-22)20-17(26-19)2-5-32(20)31/h6-8,14-15,30H,1-5,9-13H2,(H,26,27)/t14?,15?,32-/m1/s1. The first-order valence-corrected chi connectivity index (χ1v) is 13.0. The predicted octanol–water partition coefficient (Wildman–Crippen LogP) is 2.09. The number of nitrogens with zero attached hydrogens (tertiary/aromatic N) is 5. The number of aryl methyl sites for hydroxylation is 1. The second-order valence-corrected chi connectivity index (χ2v) is 11.5. The molecular weight excluding hydrogens is 448 g/mol. The van der Waals surface area contributed by atoms with E-state index in [4.69, 9.17) is 16.6 Å². The van der Waals surface area contributed by atoms with E-state index in [2.05, 4.69) is 31.2 Å². The van der Waals surface area contributed by atoms with Crippen LogP contribution in [-0.2, 0) is 17.2 Å². The lowest BCUT2D eigenvalue weighted by Gasteiger charge is -2.42. The minimum Gasteiger partial charge on any atom is -0.394 e. The van der Waals surface area contributed by atoms with Crippen molar-refractivity contribution in [2.75, 3.05) is 53.7 Å². The number of aliphatic hydroxyl groups excluding tert-OH is 1. The minimum atomic E-state index is -1.02. The molecule has 3 aliphatic heterocycles. The van der Waals surface area contributed by atoms with Gasteiger partial charge in [-0.05, 0) is 19.3 Å². The average Bonchev–Trinajstić information content (AvgIpc) is 3.44. The fraction of sp³-hybridized carbons (Fsp3) is 0.591. The number of hydrogen-bond donors (Lipinski definition) is 2. The first kappa shape index (κ1) is 20.6. The Hall–Kier alpha value is -1.97. The van der Waals surface area contributed by atoms with Crippen LogP contribution in [0.3, 0.4) is 0 Å². The van der Waals surface area contributed by atoms with Gasteiger partial charge in [-0.15, -0.1) is 0 Å². The highest BCUT2D eigenvalue weighted by Crippen LogP contribution is 2.41. The summed E-state index contributed by atoms with van der Waals surface area (Å²) in [6.45, 7) is 3.83. The summed E-state index contributed by atoms with van der Waals surface area (Å²) in [6, 6.07) is 2.07. The smallest absolute Gasteiger partial charge is 0.225 e. The van der Waals surface area contributed by atoms with Crippen LogP contribution < -0.4 is 15.1 Å². The van der Waals surface area contributed by atoms with Crippen LogP contribution in [0.4, 0.5) is 17.5 Å². The molecule has 3 atom stereocenters. The molecule has 32 heavy (non-hydrogen) atoms. The SMILES string of the molecule is O=[S@@]1CCc2nc(N3CC4CN(c5ncc(Cl)cn5)CC4C3)cc(NC3(CO)CCC3)c21. The third-order valence-electron chi connectivity index (χ3n) is 7.49. The van der Waals surface area contributed by atoms with Gasteiger partial charge < -0.3 is 20.2 Å². The number of hydrogen-bond acceptors (Lipinski definition) is 8. The zero-order valence-corrected chi connectivity index (χ0v) is 19.4. The summed E-state index contributed by atoms with van der Waals surface area (Å²) < 4.78 is 12.7. The van der Waals surface area contributed by atoms with E-state index in [1.807, 2.05) is 0 Å². The van der Waals surface area contributed by atoms with E-state index >= 15 is 0 Å². The van der Waals surface area contributed by atoms with E-state index in [-0.39, 0.29) is 12.1 Å². The summed E-state index contributed by atoms with van der Waals surface area (Å²) in [5.41, 5.74) is 1.58. The molecule has 1 aliphatic carbocycles. The number of anilines is 3. The van der Waals surface area contributed by atoms with Crippen LogP contribution in [0.1, 0.15) is 25.0 Å². The summed E-state index contributed by atoms with van der Waals surface area (Å²) in [5.74, 6) is 3.40. The van der Waals surface area contributed by atoms with Crippen molar-refractivity contribution in [1.29, 1.82) is 0 Å². The van der Waals surface area contributed by atoms with Gasteiger partial charge in [0.2, 0.25) is 5.95 Å². The monoisotopic (exact) mass is 474 g/mol. The molecule has 0 bridgehead atoms. The Morgan fingerprint density at radius 2 is 1.84 bits per heavy atom. The Balaban J connectivity index is 1.22. The van der Waals surface area contributed by atoms with Gasteiger partial charge in [0.1, 0.15) is 5.82 Å². The Bertz CT molecular complexity index is 1040. The molecule has 0 aromatic carbocycles. The van der Waals surface area contributed by atoms with Crippen LogP contribution in [-0.4, -0.2) is 68.3 Å². The van der Waals surface area contributed by atoms with Crippen molar-refractivity contribution in [2.24, 2.45) is 11.8 Å². The maximum atomic E-state index is 12.7. The molecule has 2 aromatic rings. The number of rotatable bonds is 5. The Morgan fingerprint density at radius 1 is 1.16 bits per heavy atom. The molecule has 4 aliphatic rings. The molecule has 1 saturated carbocycles. The highest BCUT2D eigenvalue weighted by molar-refractivity contribution is 7.85. The second kappa shape index (κ2) is 7.81. The molecule has 0 radical (unpaired) electrons. The molecule has 170 valence electrons. The van der Waals surface area contributed by atoms with Crippen LogP contribution in [0.25, 0.3) is 0 Å². The molecular formula is C22H27ClN6O2S. The van der Waals surface area contributed by atoms with Gasteiger partial charge in [0.05, 0.1) is 56.6 Å². The van der Waals surface area contributed by atoms with Gasteiger partial charge in [-0.2, -0.15) is 0 Å². The van der Waals surface area contributed by atoms with E-state index in [0.717, 1.165) is 79.9 Å². The van der Waals surface area contributed by atoms with Gasteiger partial charge in [0.15, 0.2) is 0 Å². The third kappa shape index (κ3) is 3.45. The quantitative estimate of drug-likeness (QED) is 0.680. The summed E-state index contributed by atoms with van der Waals surface area (Å²) in [4.78, 5) is 19.2. The lowest BCUT2D eigenvalue weighted by atomic mass is 9.77. The van der Waals surface area contributed by atoms with E-state index < -0.39 is 10.8 Å². The number of nitrogens with one attached hydrogen (secondary N) is 1. The fourth-order valence-corrected chi connectivity index (χ4v) is 7.01. The maximum Gasteiger partial charge on any atom is 0.225 e. The average molecular weight is 475 g/mol. The third-order valence-corrected chi connectivity index (χ3v) is 9.18. The maximum absolute atomic E-state index is 12.7. The Morgan fingerprint density at radius 3 is 2.47 bits per heavy atom. The molecule has 8 nitrogen and oxygen atoms in total.